The molecule has 0 N–H and O–H groups in total. The monoisotopic (exact) mass is 272 g/mol. The molecule has 0 radical (unpaired) electrons. The lowest BCUT2D eigenvalue weighted by atomic mass is 10.1. The molecule has 1 aromatic heterocycles. The maximum absolute atomic E-state index is 4.25. The minimum atomic E-state index is 0.788. The summed E-state index contributed by atoms with van der Waals surface area (Å²) in [7, 11) is 0. The Morgan fingerprint density at radius 2 is 1.53 bits per heavy atom. The summed E-state index contributed by atoms with van der Waals surface area (Å²) >= 11 is 5.56. The third-order valence-corrected chi connectivity index (χ3v) is 3.86. The molecule has 0 saturated carbocycles. The third-order valence-electron chi connectivity index (χ3n) is 2.96. The molecule has 1 heterocycles. The highest BCUT2D eigenvalue weighted by Gasteiger charge is 2.00. The molecule has 0 unspecified atom stereocenters. The quantitative estimate of drug-likeness (QED) is 0.484. The van der Waals surface area contributed by atoms with Gasteiger partial charge in [-0.25, -0.2) is 4.98 Å². The summed E-state index contributed by atoms with van der Waals surface area (Å²) in [4.78, 5) is 4.25. The highest BCUT2D eigenvalue weighted by atomic mass is 32.2. The van der Waals surface area contributed by atoms with Crippen LogP contribution in [0.5, 0.6) is 0 Å². The van der Waals surface area contributed by atoms with Crippen molar-refractivity contribution in [3.05, 3.63) is 5.82 Å². The lowest BCUT2D eigenvalue weighted by molar-refractivity contribution is 0.562. The van der Waals surface area contributed by atoms with Crippen molar-refractivity contribution in [2.45, 2.75) is 75.5 Å². The third kappa shape index (κ3) is 7.77. The van der Waals surface area contributed by atoms with E-state index in [-0.39, 0.29) is 0 Å². The molecule has 0 spiro atoms. The number of hydrogen-bond acceptors (Lipinski definition) is 4. The maximum Gasteiger partial charge on any atom is 0.167 e. The molecule has 4 heteroatoms. The summed E-state index contributed by atoms with van der Waals surface area (Å²) < 4.78 is 5.03. The fraction of sp³-hybridized carbons (Fsp3) is 0.846. The summed E-state index contributed by atoms with van der Waals surface area (Å²) in [5, 5.41) is 0. The first-order valence-electron chi connectivity index (χ1n) is 6.84. The van der Waals surface area contributed by atoms with E-state index in [0.717, 1.165) is 16.6 Å². The molecule has 0 saturated heterocycles. The van der Waals surface area contributed by atoms with Gasteiger partial charge in [-0.15, -0.1) is 12.6 Å². The molecule has 2 nitrogen and oxygen atoms in total. The van der Waals surface area contributed by atoms with Crippen LogP contribution in [-0.2, 0) is 6.42 Å². The van der Waals surface area contributed by atoms with Crippen LogP contribution in [0, 0.1) is 0 Å². The fourth-order valence-corrected chi connectivity index (χ4v) is 2.64. The molecular formula is C13H24N2S2. The van der Waals surface area contributed by atoms with Crippen molar-refractivity contribution in [2.24, 2.45) is 0 Å². The summed E-state index contributed by atoms with van der Waals surface area (Å²) in [6.07, 6.45) is 13.3. The molecule has 0 aliphatic rings. The summed E-state index contributed by atoms with van der Waals surface area (Å²) in [5.41, 5.74) is 0. The van der Waals surface area contributed by atoms with Crippen LogP contribution in [0.4, 0.5) is 0 Å². The number of hydrogen-bond donors (Lipinski definition) is 1. The van der Waals surface area contributed by atoms with Crippen LogP contribution >= 0.6 is 24.2 Å². The molecule has 0 fully saturated rings. The van der Waals surface area contributed by atoms with Crippen LogP contribution in [-0.4, -0.2) is 9.36 Å². The number of thiol groups is 1. The second-order valence-corrected chi connectivity index (χ2v) is 6.05. The number of nitrogens with zero attached hydrogens (tertiary/aromatic N) is 2. The zero-order valence-corrected chi connectivity index (χ0v) is 12.5. The van der Waals surface area contributed by atoms with Crippen molar-refractivity contribution in [1.82, 2.24) is 9.36 Å². The Morgan fingerprint density at radius 1 is 0.941 bits per heavy atom. The number of unbranched alkanes of at least 4 members (excludes halogenated alkanes) is 8. The van der Waals surface area contributed by atoms with Gasteiger partial charge in [0, 0.05) is 6.42 Å². The van der Waals surface area contributed by atoms with E-state index in [4.69, 9.17) is 0 Å². The van der Waals surface area contributed by atoms with Crippen molar-refractivity contribution < 1.29 is 0 Å². The van der Waals surface area contributed by atoms with Gasteiger partial charge < -0.3 is 0 Å². The Bertz CT molecular complexity index is 287. The minimum absolute atomic E-state index is 0.788. The van der Waals surface area contributed by atoms with Crippen molar-refractivity contribution in [3.8, 4) is 0 Å². The van der Waals surface area contributed by atoms with Crippen LogP contribution in [0.2, 0.25) is 0 Å². The van der Waals surface area contributed by atoms with Gasteiger partial charge in [-0.3, -0.25) is 0 Å². The Balaban J connectivity index is 1.84. The second kappa shape index (κ2) is 9.89. The number of aromatic nitrogens is 2. The lowest BCUT2D eigenvalue weighted by Crippen LogP contribution is -1.88. The van der Waals surface area contributed by atoms with Gasteiger partial charge in [0.15, 0.2) is 4.34 Å². The lowest BCUT2D eigenvalue weighted by Gasteiger charge is -2.00. The van der Waals surface area contributed by atoms with Crippen LogP contribution < -0.4 is 0 Å². The zero-order chi connectivity index (χ0) is 12.3. The molecule has 1 aromatic rings. The zero-order valence-electron chi connectivity index (χ0n) is 10.8. The molecule has 0 aliphatic heterocycles. The molecular weight excluding hydrogens is 248 g/mol. The van der Waals surface area contributed by atoms with Crippen LogP contribution in [0.15, 0.2) is 4.34 Å². The summed E-state index contributed by atoms with van der Waals surface area (Å²) in [6, 6.07) is 0. The van der Waals surface area contributed by atoms with Gasteiger partial charge >= 0.3 is 0 Å². The van der Waals surface area contributed by atoms with Gasteiger partial charge in [-0.05, 0) is 18.0 Å². The Morgan fingerprint density at radius 3 is 2.06 bits per heavy atom. The van der Waals surface area contributed by atoms with Crippen molar-refractivity contribution >= 4 is 24.2 Å². The van der Waals surface area contributed by atoms with E-state index in [0.29, 0.717) is 0 Å². The molecule has 0 aliphatic carbocycles. The van der Waals surface area contributed by atoms with Crippen LogP contribution in [0.25, 0.3) is 0 Å². The summed E-state index contributed by atoms with van der Waals surface area (Å²) in [6.45, 7) is 2.27. The Kier molecular flexibility index (Phi) is 8.71. The van der Waals surface area contributed by atoms with E-state index in [2.05, 4.69) is 28.9 Å². The van der Waals surface area contributed by atoms with E-state index in [9.17, 15) is 0 Å². The van der Waals surface area contributed by atoms with E-state index in [1.165, 1.54) is 69.3 Å². The Labute approximate surface area is 115 Å². The van der Waals surface area contributed by atoms with Crippen molar-refractivity contribution in [2.75, 3.05) is 0 Å². The Hall–Kier alpha value is -0.0900. The van der Waals surface area contributed by atoms with E-state index < -0.39 is 0 Å². The van der Waals surface area contributed by atoms with Gasteiger partial charge in [-0.1, -0.05) is 58.3 Å². The van der Waals surface area contributed by atoms with E-state index >= 15 is 0 Å². The smallest absolute Gasteiger partial charge is 0.167 e. The molecule has 98 valence electrons. The second-order valence-electron chi connectivity index (χ2n) is 4.57. The molecule has 0 aromatic carbocycles. The SMILES string of the molecule is CCCCCCCCCCCc1nsc(S)n1. The van der Waals surface area contributed by atoms with Crippen molar-refractivity contribution in [1.29, 1.82) is 0 Å². The average molecular weight is 272 g/mol. The molecule has 1 rings (SSSR count). The molecule has 17 heavy (non-hydrogen) atoms. The maximum atomic E-state index is 4.25. The minimum Gasteiger partial charge on any atom is -0.213 e. The predicted octanol–water partition coefficient (Wildman–Crippen LogP) is 4.90. The van der Waals surface area contributed by atoms with Gasteiger partial charge in [0.1, 0.15) is 5.82 Å². The van der Waals surface area contributed by atoms with Gasteiger partial charge in [0.25, 0.3) is 0 Å². The van der Waals surface area contributed by atoms with Gasteiger partial charge in [0.05, 0.1) is 0 Å². The highest BCUT2D eigenvalue weighted by Crippen LogP contribution is 2.13. The predicted molar refractivity (Wildman–Crippen MR) is 78.1 cm³/mol. The first-order chi connectivity index (χ1) is 8.33. The fourth-order valence-electron chi connectivity index (χ4n) is 1.94. The van der Waals surface area contributed by atoms with E-state index in [1.54, 1.807) is 0 Å². The topological polar surface area (TPSA) is 25.8 Å². The average Bonchev–Trinajstić information content (AvgIpc) is 2.73. The standard InChI is InChI=1S/C13H24N2S2/c1-2-3-4-5-6-7-8-9-10-11-12-14-13(16)17-15-12/h2-11H2,1H3,(H,14,15,16). The normalized spacial score (nSPS) is 10.9. The molecule has 0 amide bonds. The summed E-state index contributed by atoms with van der Waals surface area (Å²) in [5.74, 6) is 0.975. The van der Waals surface area contributed by atoms with E-state index in [1.807, 2.05) is 0 Å². The first-order valence-corrected chi connectivity index (χ1v) is 8.06. The van der Waals surface area contributed by atoms with Crippen LogP contribution in [0.3, 0.4) is 0 Å². The van der Waals surface area contributed by atoms with Crippen molar-refractivity contribution in [3.63, 3.8) is 0 Å². The highest BCUT2D eigenvalue weighted by molar-refractivity contribution is 7.82. The largest absolute Gasteiger partial charge is 0.213 e. The molecule has 0 bridgehead atoms. The molecule has 0 atom stereocenters. The van der Waals surface area contributed by atoms with Gasteiger partial charge in [0.2, 0.25) is 0 Å². The van der Waals surface area contributed by atoms with Crippen LogP contribution in [0.1, 0.15) is 70.5 Å². The number of aryl methyl sites for hydroxylation is 1. The first kappa shape index (κ1) is 15.0. The van der Waals surface area contributed by atoms with Gasteiger partial charge in [-0.2, -0.15) is 4.37 Å². The number of rotatable bonds is 10.